The van der Waals surface area contributed by atoms with E-state index in [9.17, 15) is 8.78 Å². The zero-order valence-electron chi connectivity index (χ0n) is 13.3. The average Bonchev–Trinajstić information content (AvgIpc) is 2.60. The highest BCUT2D eigenvalue weighted by Crippen LogP contribution is 2.32. The van der Waals surface area contributed by atoms with Crippen molar-refractivity contribution < 1.29 is 8.78 Å². The number of hydrogen-bond donors (Lipinski definition) is 0. The van der Waals surface area contributed by atoms with E-state index in [0.29, 0.717) is 6.54 Å². The predicted octanol–water partition coefficient (Wildman–Crippen LogP) is 4.39. The molecule has 0 aromatic heterocycles. The summed E-state index contributed by atoms with van der Waals surface area (Å²) in [5.74, 6) is -0.544. The summed E-state index contributed by atoms with van der Waals surface area (Å²) < 4.78 is 26.6. The van der Waals surface area contributed by atoms with Gasteiger partial charge in [0.1, 0.15) is 11.6 Å². The molecule has 24 heavy (non-hydrogen) atoms. The van der Waals surface area contributed by atoms with Crippen LogP contribution in [0.2, 0.25) is 0 Å². The standard InChI is InChI=1S/C20H18F2N2/c21-18-5-1-15(2-6-18)20(16-3-7-19(22)8-4-16)17-9-12-24(13-10-17)14-11-23/h1-8H,9-10,12-14H2. The van der Waals surface area contributed by atoms with Crippen molar-refractivity contribution >= 4 is 5.57 Å². The van der Waals surface area contributed by atoms with Crippen LogP contribution >= 0.6 is 0 Å². The number of hydrogen-bond acceptors (Lipinski definition) is 2. The van der Waals surface area contributed by atoms with Gasteiger partial charge in [-0.15, -0.1) is 0 Å². The van der Waals surface area contributed by atoms with Crippen LogP contribution in [0.1, 0.15) is 24.0 Å². The Hall–Kier alpha value is -2.51. The molecule has 0 N–H and O–H groups in total. The zero-order chi connectivity index (χ0) is 16.9. The van der Waals surface area contributed by atoms with E-state index in [2.05, 4.69) is 11.0 Å². The Labute approximate surface area is 140 Å². The normalized spacial score (nSPS) is 15.1. The Bertz CT molecular complexity index is 713. The molecular weight excluding hydrogens is 306 g/mol. The van der Waals surface area contributed by atoms with E-state index in [0.717, 1.165) is 42.6 Å². The second kappa shape index (κ2) is 7.37. The van der Waals surface area contributed by atoms with Crippen molar-refractivity contribution in [2.24, 2.45) is 0 Å². The van der Waals surface area contributed by atoms with Crippen LogP contribution in [-0.4, -0.2) is 24.5 Å². The van der Waals surface area contributed by atoms with Crippen molar-refractivity contribution in [2.45, 2.75) is 12.8 Å². The van der Waals surface area contributed by atoms with Crippen LogP contribution in [0.25, 0.3) is 5.57 Å². The fourth-order valence-corrected chi connectivity index (χ4v) is 3.14. The number of rotatable bonds is 3. The lowest BCUT2D eigenvalue weighted by Gasteiger charge is -2.28. The van der Waals surface area contributed by atoms with Gasteiger partial charge in [0.25, 0.3) is 0 Å². The van der Waals surface area contributed by atoms with Gasteiger partial charge < -0.3 is 0 Å². The Balaban J connectivity index is 1.99. The molecule has 0 amide bonds. The Kier molecular flexibility index (Phi) is 5.02. The minimum atomic E-state index is -0.272. The molecule has 0 atom stereocenters. The van der Waals surface area contributed by atoms with Crippen LogP contribution in [0.5, 0.6) is 0 Å². The van der Waals surface area contributed by atoms with Gasteiger partial charge in [-0.2, -0.15) is 5.26 Å². The number of nitrogens with zero attached hydrogens (tertiary/aromatic N) is 2. The van der Waals surface area contributed by atoms with Crippen LogP contribution in [0.4, 0.5) is 8.78 Å². The molecule has 0 saturated carbocycles. The molecule has 0 aliphatic carbocycles. The van der Waals surface area contributed by atoms with Gasteiger partial charge in [0.05, 0.1) is 12.6 Å². The van der Waals surface area contributed by atoms with Gasteiger partial charge in [0.15, 0.2) is 0 Å². The summed E-state index contributed by atoms with van der Waals surface area (Å²) in [5, 5.41) is 8.83. The molecule has 0 radical (unpaired) electrons. The number of likely N-dealkylation sites (tertiary alicyclic amines) is 1. The maximum Gasteiger partial charge on any atom is 0.123 e. The van der Waals surface area contributed by atoms with Gasteiger partial charge in [-0.3, -0.25) is 4.90 Å². The molecule has 0 bridgehead atoms. The molecular formula is C20H18F2N2. The fourth-order valence-electron chi connectivity index (χ4n) is 3.14. The van der Waals surface area contributed by atoms with Gasteiger partial charge >= 0.3 is 0 Å². The zero-order valence-corrected chi connectivity index (χ0v) is 13.3. The highest BCUT2D eigenvalue weighted by molar-refractivity contribution is 5.82. The van der Waals surface area contributed by atoms with Crippen molar-refractivity contribution in [3.8, 4) is 6.07 Å². The summed E-state index contributed by atoms with van der Waals surface area (Å²) in [6, 6.07) is 15.0. The first-order valence-electron chi connectivity index (χ1n) is 8.00. The molecule has 1 fully saturated rings. The fraction of sp³-hybridized carbons (Fsp3) is 0.250. The third kappa shape index (κ3) is 3.69. The molecule has 1 aliphatic heterocycles. The van der Waals surface area contributed by atoms with E-state index >= 15 is 0 Å². The van der Waals surface area contributed by atoms with Crippen molar-refractivity contribution in [1.29, 1.82) is 5.26 Å². The molecule has 1 saturated heterocycles. The summed E-state index contributed by atoms with van der Waals surface area (Å²) in [5.41, 5.74) is 4.19. The van der Waals surface area contributed by atoms with Gasteiger partial charge in [0.2, 0.25) is 0 Å². The molecule has 1 heterocycles. The monoisotopic (exact) mass is 324 g/mol. The maximum absolute atomic E-state index is 13.3. The van der Waals surface area contributed by atoms with E-state index in [-0.39, 0.29) is 11.6 Å². The molecule has 1 aliphatic rings. The lowest BCUT2D eigenvalue weighted by molar-refractivity contribution is 0.286. The summed E-state index contributed by atoms with van der Waals surface area (Å²) in [4.78, 5) is 2.12. The average molecular weight is 324 g/mol. The second-order valence-electron chi connectivity index (χ2n) is 5.93. The van der Waals surface area contributed by atoms with Crippen LogP contribution in [0.15, 0.2) is 54.1 Å². The van der Waals surface area contributed by atoms with E-state index in [4.69, 9.17) is 5.26 Å². The summed E-state index contributed by atoms with van der Waals surface area (Å²) >= 11 is 0. The van der Waals surface area contributed by atoms with E-state index in [1.54, 1.807) is 24.3 Å². The predicted molar refractivity (Wildman–Crippen MR) is 90.1 cm³/mol. The Morgan fingerprint density at radius 3 is 1.75 bits per heavy atom. The molecule has 2 aromatic carbocycles. The smallest absolute Gasteiger partial charge is 0.123 e. The molecule has 0 unspecified atom stereocenters. The molecule has 3 rings (SSSR count). The van der Waals surface area contributed by atoms with Crippen LogP contribution in [0, 0.1) is 23.0 Å². The molecule has 2 aromatic rings. The Morgan fingerprint density at radius 2 is 1.33 bits per heavy atom. The first kappa shape index (κ1) is 16.4. The lowest BCUT2D eigenvalue weighted by atomic mass is 9.88. The van der Waals surface area contributed by atoms with Gasteiger partial charge in [-0.25, -0.2) is 8.78 Å². The largest absolute Gasteiger partial charge is 0.290 e. The molecule has 0 spiro atoms. The van der Waals surface area contributed by atoms with Crippen molar-refractivity contribution in [1.82, 2.24) is 4.90 Å². The SMILES string of the molecule is N#CCN1CCC(=C(c2ccc(F)cc2)c2ccc(F)cc2)CC1. The van der Waals surface area contributed by atoms with Gasteiger partial charge in [-0.1, -0.05) is 29.8 Å². The first-order chi connectivity index (χ1) is 11.7. The topological polar surface area (TPSA) is 27.0 Å². The van der Waals surface area contributed by atoms with Crippen molar-refractivity contribution in [3.63, 3.8) is 0 Å². The van der Waals surface area contributed by atoms with E-state index in [1.165, 1.54) is 29.8 Å². The van der Waals surface area contributed by atoms with Crippen LogP contribution in [-0.2, 0) is 0 Å². The summed E-state index contributed by atoms with van der Waals surface area (Å²) in [6.45, 7) is 2.10. The minimum absolute atomic E-state index is 0.272. The number of benzene rings is 2. The number of nitriles is 1. The van der Waals surface area contributed by atoms with Crippen LogP contribution < -0.4 is 0 Å². The van der Waals surface area contributed by atoms with E-state index < -0.39 is 0 Å². The quantitative estimate of drug-likeness (QED) is 0.783. The van der Waals surface area contributed by atoms with Gasteiger partial charge in [0, 0.05) is 13.1 Å². The highest BCUT2D eigenvalue weighted by Gasteiger charge is 2.19. The van der Waals surface area contributed by atoms with Crippen LogP contribution in [0.3, 0.4) is 0 Å². The number of piperidine rings is 1. The number of halogens is 2. The van der Waals surface area contributed by atoms with E-state index in [1.807, 2.05) is 0 Å². The molecule has 122 valence electrons. The first-order valence-corrected chi connectivity index (χ1v) is 8.00. The summed E-state index contributed by atoms with van der Waals surface area (Å²) in [6.07, 6.45) is 1.71. The van der Waals surface area contributed by atoms with Crippen molar-refractivity contribution in [2.75, 3.05) is 19.6 Å². The Morgan fingerprint density at radius 1 is 0.875 bits per heavy atom. The lowest BCUT2D eigenvalue weighted by Crippen LogP contribution is -2.31. The third-order valence-corrected chi connectivity index (χ3v) is 4.37. The third-order valence-electron chi connectivity index (χ3n) is 4.37. The summed E-state index contributed by atoms with van der Waals surface area (Å²) in [7, 11) is 0. The highest BCUT2D eigenvalue weighted by atomic mass is 19.1. The maximum atomic E-state index is 13.3. The molecule has 2 nitrogen and oxygen atoms in total. The van der Waals surface area contributed by atoms with Crippen molar-refractivity contribution in [3.05, 3.63) is 76.9 Å². The minimum Gasteiger partial charge on any atom is -0.290 e. The second-order valence-corrected chi connectivity index (χ2v) is 5.93. The van der Waals surface area contributed by atoms with Gasteiger partial charge in [-0.05, 0) is 53.8 Å². The molecule has 4 heteroatoms.